The summed E-state index contributed by atoms with van der Waals surface area (Å²) >= 11 is 0. The van der Waals surface area contributed by atoms with E-state index in [1.54, 1.807) is 14.2 Å². The van der Waals surface area contributed by atoms with Gasteiger partial charge in [-0.15, -0.1) is 0 Å². The highest BCUT2D eigenvalue weighted by Crippen LogP contribution is 2.39. The molecule has 0 radical (unpaired) electrons. The van der Waals surface area contributed by atoms with Gasteiger partial charge >= 0.3 is 0 Å². The van der Waals surface area contributed by atoms with E-state index in [0.717, 1.165) is 12.0 Å². The number of carbonyl (C=O) groups excluding carboxylic acids is 2. The molecule has 1 aliphatic carbocycles. The fourth-order valence-corrected chi connectivity index (χ4v) is 2.76. The maximum Gasteiger partial charge on any atom is 0.235 e. The van der Waals surface area contributed by atoms with Gasteiger partial charge in [0.2, 0.25) is 11.8 Å². The first-order chi connectivity index (χ1) is 7.61. The molecule has 4 nitrogen and oxygen atoms in total. The lowest BCUT2D eigenvalue weighted by molar-refractivity contribution is -0.138. The standard InChI is InChI=1S/C12H17NO3/c1-4-7-5-6-8-9(10(7)16-3)12(15)13(2)11(8)14/h5,8-10H,4,6H2,1-3H3/t8-,9-,10+/m0/s1. The van der Waals surface area contributed by atoms with Gasteiger partial charge in [-0.2, -0.15) is 0 Å². The van der Waals surface area contributed by atoms with Gasteiger partial charge in [-0.1, -0.05) is 13.0 Å². The summed E-state index contributed by atoms with van der Waals surface area (Å²) in [5, 5.41) is 0. The summed E-state index contributed by atoms with van der Waals surface area (Å²) < 4.78 is 5.41. The number of likely N-dealkylation sites (tertiary alicyclic amines) is 1. The van der Waals surface area contributed by atoms with E-state index in [1.165, 1.54) is 4.90 Å². The van der Waals surface area contributed by atoms with Crippen molar-refractivity contribution in [1.29, 1.82) is 0 Å². The summed E-state index contributed by atoms with van der Waals surface area (Å²) in [7, 11) is 3.16. The summed E-state index contributed by atoms with van der Waals surface area (Å²) in [5.74, 6) is -0.676. The lowest BCUT2D eigenvalue weighted by Gasteiger charge is -2.30. The van der Waals surface area contributed by atoms with Crippen LogP contribution in [-0.2, 0) is 14.3 Å². The number of allylic oxidation sites excluding steroid dienone is 1. The van der Waals surface area contributed by atoms with E-state index >= 15 is 0 Å². The molecule has 2 aliphatic rings. The molecule has 1 fully saturated rings. The Morgan fingerprint density at radius 3 is 2.69 bits per heavy atom. The van der Waals surface area contributed by atoms with Crippen molar-refractivity contribution in [3.05, 3.63) is 11.6 Å². The van der Waals surface area contributed by atoms with Crippen molar-refractivity contribution in [2.75, 3.05) is 14.2 Å². The first-order valence-corrected chi connectivity index (χ1v) is 5.65. The minimum absolute atomic E-state index is 0.0662. The molecule has 16 heavy (non-hydrogen) atoms. The summed E-state index contributed by atoms with van der Waals surface area (Å²) in [6.45, 7) is 2.04. The van der Waals surface area contributed by atoms with Gasteiger partial charge in [0.05, 0.1) is 17.9 Å². The average molecular weight is 223 g/mol. The topological polar surface area (TPSA) is 46.6 Å². The van der Waals surface area contributed by atoms with Crippen molar-refractivity contribution < 1.29 is 14.3 Å². The van der Waals surface area contributed by atoms with Crippen LogP contribution in [0.3, 0.4) is 0 Å². The molecule has 2 rings (SSSR count). The second-order valence-electron chi connectivity index (χ2n) is 4.39. The number of amides is 2. The van der Waals surface area contributed by atoms with Gasteiger partial charge in [0.15, 0.2) is 0 Å². The van der Waals surface area contributed by atoms with Gasteiger partial charge in [0.25, 0.3) is 0 Å². The summed E-state index contributed by atoms with van der Waals surface area (Å²) in [5.41, 5.74) is 1.14. The highest BCUT2D eigenvalue weighted by molar-refractivity contribution is 6.05. The highest BCUT2D eigenvalue weighted by atomic mass is 16.5. The smallest absolute Gasteiger partial charge is 0.235 e. The molecule has 0 aromatic carbocycles. The Morgan fingerprint density at radius 2 is 2.12 bits per heavy atom. The maximum atomic E-state index is 12.0. The normalized spacial score (nSPS) is 34.1. The largest absolute Gasteiger partial charge is 0.376 e. The molecular formula is C12H17NO3. The molecule has 1 aliphatic heterocycles. The molecule has 1 heterocycles. The zero-order valence-electron chi connectivity index (χ0n) is 9.90. The van der Waals surface area contributed by atoms with E-state index in [-0.39, 0.29) is 29.8 Å². The first kappa shape index (κ1) is 11.3. The van der Waals surface area contributed by atoms with E-state index in [0.29, 0.717) is 6.42 Å². The van der Waals surface area contributed by atoms with Gasteiger partial charge in [-0.25, -0.2) is 0 Å². The SMILES string of the molecule is CCC1=CC[C@@H]2C(=O)N(C)C(=O)[C@@H]2[C@@H]1OC. The van der Waals surface area contributed by atoms with E-state index in [1.807, 2.05) is 6.92 Å². The molecule has 0 unspecified atom stereocenters. The predicted octanol–water partition coefficient (Wildman–Crippen LogP) is 0.972. The van der Waals surface area contributed by atoms with Crippen molar-refractivity contribution in [2.45, 2.75) is 25.9 Å². The van der Waals surface area contributed by atoms with E-state index in [9.17, 15) is 9.59 Å². The molecular weight excluding hydrogens is 206 g/mol. The minimum atomic E-state index is -0.303. The van der Waals surface area contributed by atoms with Crippen LogP contribution in [0, 0.1) is 11.8 Å². The number of imide groups is 1. The molecule has 0 spiro atoms. The van der Waals surface area contributed by atoms with E-state index in [4.69, 9.17) is 4.74 Å². The molecule has 0 bridgehead atoms. The van der Waals surface area contributed by atoms with Crippen molar-refractivity contribution in [1.82, 2.24) is 4.90 Å². The van der Waals surface area contributed by atoms with Gasteiger partial charge in [-0.3, -0.25) is 14.5 Å². The van der Waals surface area contributed by atoms with E-state index in [2.05, 4.69) is 6.08 Å². The number of carbonyl (C=O) groups is 2. The molecule has 0 saturated carbocycles. The van der Waals surface area contributed by atoms with Gasteiger partial charge in [0, 0.05) is 14.2 Å². The highest BCUT2D eigenvalue weighted by Gasteiger charge is 2.51. The van der Waals surface area contributed by atoms with Crippen molar-refractivity contribution >= 4 is 11.8 Å². The number of hydrogen-bond acceptors (Lipinski definition) is 3. The lowest BCUT2D eigenvalue weighted by Crippen LogP contribution is -2.37. The van der Waals surface area contributed by atoms with Crippen LogP contribution < -0.4 is 0 Å². The van der Waals surface area contributed by atoms with E-state index < -0.39 is 0 Å². The second-order valence-corrected chi connectivity index (χ2v) is 4.39. The number of fused-ring (bicyclic) bond motifs is 1. The molecule has 0 N–H and O–H groups in total. The lowest BCUT2D eigenvalue weighted by atomic mass is 9.78. The number of nitrogens with zero attached hydrogens (tertiary/aromatic N) is 1. The molecule has 3 atom stereocenters. The average Bonchev–Trinajstić information content (AvgIpc) is 2.53. The van der Waals surface area contributed by atoms with Crippen LogP contribution in [0.4, 0.5) is 0 Å². The zero-order chi connectivity index (χ0) is 11.9. The summed E-state index contributed by atoms with van der Waals surface area (Å²) in [6.07, 6.45) is 3.38. The third-order valence-corrected chi connectivity index (χ3v) is 3.68. The first-order valence-electron chi connectivity index (χ1n) is 5.65. The van der Waals surface area contributed by atoms with Crippen LogP contribution in [0.2, 0.25) is 0 Å². The van der Waals surface area contributed by atoms with Crippen molar-refractivity contribution in [2.24, 2.45) is 11.8 Å². The summed E-state index contributed by atoms with van der Waals surface area (Å²) in [6, 6.07) is 0. The fraction of sp³-hybridized carbons (Fsp3) is 0.667. The van der Waals surface area contributed by atoms with Crippen LogP contribution in [0.15, 0.2) is 11.6 Å². The van der Waals surface area contributed by atoms with Crippen molar-refractivity contribution in [3.8, 4) is 0 Å². The molecule has 2 amide bonds. The number of methoxy groups -OCH3 is 1. The Balaban J connectivity index is 2.36. The molecule has 1 saturated heterocycles. The van der Waals surface area contributed by atoms with Gasteiger partial charge < -0.3 is 4.74 Å². The quantitative estimate of drug-likeness (QED) is 0.517. The maximum absolute atomic E-state index is 12.0. The van der Waals surface area contributed by atoms with Crippen molar-refractivity contribution in [3.63, 3.8) is 0 Å². The number of ether oxygens (including phenoxy) is 1. The van der Waals surface area contributed by atoms with Gasteiger partial charge in [-0.05, 0) is 18.4 Å². The van der Waals surface area contributed by atoms with Crippen LogP contribution in [0.25, 0.3) is 0 Å². The van der Waals surface area contributed by atoms with Crippen LogP contribution >= 0.6 is 0 Å². The molecule has 88 valence electrons. The number of rotatable bonds is 2. The fourth-order valence-electron chi connectivity index (χ4n) is 2.76. The summed E-state index contributed by atoms with van der Waals surface area (Å²) in [4.78, 5) is 25.0. The Kier molecular flexibility index (Phi) is 2.84. The Labute approximate surface area is 95.2 Å². The van der Waals surface area contributed by atoms with Crippen LogP contribution in [-0.4, -0.2) is 37.0 Å². The second kappa shape index (κ2) is 4.01. The predicted molar refractivity (Wildman–Crippen MR) is 58.5 cm³/mol. The van der Waals surface area contributed by atoms with Crippen LogP contribution in [0.1, 0.15) is 19.8 Å². The Morgan fingerprint density at radius 1 is 1.44 bits per heavy atom. The Bertz CT molecular complexity index is 361. The molecule has 0 aromatic heterocycles. The monoisotopic (exact) mass is 223 g/mol. The van der Waals surface area contributed by atoms with Gasteiger partial charge in [0.1, 0.15) is 0 Å². The molecule has 4 heteroatoms. The third-order valence-electron chi connectivity index (χ3n) is 3.68. The minimum Gasteiger partial charge on any atom is -0.376 e. The third kappa shape index (κ3) is 1.40. The number of hydrogen-bond donors (Lipinski definition) is 0. The Hall–Kier alpha value is -1.16. The molecule has 0 aromatic rings. The zero-order valence-corrected chi connectivity index (χ0v) is 9.90. The van der Waals surface area contributed by atoms with Crippen LogP contribution in [0.5, 0.6) is 0 Å².